The molecule has 0 saturated carbocycles. The van der Waals surface area contributed by atoms with Crippen molar-refractivity contribution in [3.63, 3.8) is 0 Å². The zero-order valence-electron chi connectivity index (χ0n) is 13.4. The summed E-state index contributed by atoms with van der Waals surface area (Å²) < 4.78 is 6.90. The topological polar surface area (TPSA) is 59.4 Å². The van der Waals surface area contributed by atoms with Gasteiger partial charge in [0.1, 0.15) is 11.8 Å². The minimum absolute atomic E-state index is 0.00156. The van der Waals surface area contributed by atoms with E-state index >= 15 is 0 Å². The molecular formula is C16H22N4O2. The predicted molar refractivity (Wildman–Crippen MR) is 84.5 cm³/mol. The molecule has 1 heterocycles. The monoisotopic (exact) mass is 302 g/mol. The molecular weight excluding hydrogens is 280 g/mol. The van der Waals surface area contributed by atoms with Crippen LogP contribution in [0, 0.1) is 0 Å². The Bertz CT molecular complexity index is 639. The van der Waals surface area contributed by atoms with Crippen LogP contribution in [-0.4, -0.2) is 41.8 Å². The number of benzene rings is 1. The van der Waals surface area contributed by atoms with Crippen LogP contribution in [0.3, 0.4) is 0 Å². The van der Waals surface area contributed by atoms with E-state index in [9.17, 15) is 4.79 Å². The molecule has 1 aromatic carbocycles. The first-order chi connectivity index (χ1) is 10.5. The highest BCUT2D eigenvalue weighted by Crippen LogP contribution is 2.17. The molecule has 0 spiro atoms. The number of nitrogens with one attached hydrogen (secondary N) is 1. The highest BCUT2D eigenvalue weighted by Gasteiger charge is 2.23. The number of hydrogen-bond donors (Lipinski definition) is 1. The van der Waals surface area contributed by atoms with Crippen LogP contribution in [0.15, 0.2) is 36.7 Å². The van der Waals surface area contributed by atoms with Gasteiger partial charge in [0.2, 0.25) is 5.91 Å². The fourth-order valence-corrected chi connectivity index (χ4v) is 2.36. The number of ether oxygens (including phenoxy) is 1. The Balaban J connectivity index is 2.10. The summed E-state index contributed by atoms with van der Waals surface area (Å²) in [6.07, 6.45) is 3.55. The molecule has 1 amide bonds. The minimum atomic E-state index is -0.399. The number of rotatable bonds is 6. The normalized spacial score (nSPS) is 12.0. The van der Waals surface area contributed by atoms with Crippen molar-refractivity contribution in [2.45, 2.75) is 12.6 Å². The largest absolute Gasteiger partial charge is 0.497 e. The average Bonchev–Trinajstić information content (AvgIpc) is 2.94. The van der Waals surface area contributed by atoms with Gasteiger partial charge in [0, 0.05) is 32.4 Å². The highest BCUT2D eigenvalue weighted by atomic mass is 16.5. The minimum Gasteiger partial charge on any atom is -0.497 e. The van der Waals surface area contributed by atoms with Gasteiger partial charge < -0.3 is 15.0 Å². The molecule has 22 heavy (non-hydrogen) atoms. The third-order valence-electron chi connectivity index (χ3n) is 3.52. The van der Waals surface area contributed by atoms with Crippen molar-refractivity contribution in [1.29, 1.82) is 0 Å². The van der Waals surface area contributed by atoms with E-state index in [4.69, 9.17) is 4.74 Å². The van der Waals surface area contributed by atoms with Crippen molar-refractivity contribution in [3.8, 4) is 5.75 Å². The van der Waals surface area contributed by atoms with E-state index in [0.29, 0.717) is 6.54 Å². The Hall–Kier alpha value is -2.34. The van der Waals surface area contributed by atoms with Crippen LogP contribution in [0.2, 0.25) is 0 Å². The maximum atomic E-state index is 12.6. The molecule has 118 valence electrons. The number of aryl methyl sites for hydroxylation is 1. The van der Waals surface area contributed by atoms with Gasteiger partial charge in [-0.2, -0.15) is 5.10 Å². The van der Waals surface area contributed by atoms with Crippen LogP contribution in [0.1, 0.15) is 17.2 Å². The van der Waals surface area contributed by atoms with Gasteiger partial charge in [-0.1, -0.05) is 12.1 Å². The quantitative estimate of drug-likeness (QED) is 0.875. The van der Waals surface area contributed by atoms with Gasteiger partial charge >= 0.3 is 0 Å². The summed E-state index contributed by atoms with van der Waals surface area (Å²) in [5.41, 5.74) is 1.88. The second-order valence-corrected chi connectivity index (χ2v) is 5.21. The molecule has 0 aliphatic rings. The molecule has 1 atom stereocenters. The summed E-state index contributed by atoms with van der Waals surface area (Å²) in [6, 6.07) is 7.32. The summed E-state index contributed by atoms with van der Waals surface area (Å²) in [5.74, 6) is 0.786. The molecule has 1 N–H and O–H groups in total. The molecule has 0 saturated heterocycles. The lowest BCUT2D eigenvalue weighted by atomic mass is 10.1. The van der Waals surface area contributed by atoms with E-state index in [1.165, 1.54) is 0 Å². The number of carbonyl (C=O) groups excluding carboxylic acids is 1. The first kappa shape index (κ1) is 16.0. The van der Waals surface area contributed by atoms with Crippen molar-refractivity contribution in [3.05, 3.63) is 47.8 Å². The van der Waals surface area contributed by atoms with E-state index in [-0.39, 0.29) is 5.91 Å². The van der Waals surface area contributed by atoms with Crippen molar-refractivity contribution < 1.29 is 9.53 Å². The van der Waals surface area contributed by atoms with E-state index in [1.807, 2.05) is 37.5 Å². The number of likely N-dealkylation sites (N-methyl/N-ethyl adjacent to an activating group) is 2. The molecule has 6 heteroatoms. The van der Waals surface area contributed by atoms with E-state index in [2.05, 4.69) is 10.4 Å². The molecule has 0 aliphatic carbocycles. The van der Waals surface area contributed by atoms with Gasteiger partial charge in [0.25, 0.3) is 0 Å². The average molecular weight is 302 g/mol. The molecule has 0 bridgehead atoms. The summed E-state index contributed by atoms with van der Waals surface area (Å²) in [6.45, 7) is 0.522. The Morgan fingerprint density at radius 3 is 2.86 bits per heavy atom. The molecule has 0 radical (unpaired) electrons. The lowest BCUT2D eigenvalue weighted by Gasteiger charge is -2.23. The first-order valence-corrected chi connectivity index (χ1v) is 7.09. The molecule has 2 rings (SSSR count). The van der Waals surface area contributed by atoms with Gasteiger partial charge in [-0.3, -0.25) is 9.48 Å². The maximum Gasteiger partial charge on any atom is 0.244 e. The van der Waals surface area contributed by atoms with Gasteiger partial charge in [0.05, 0.1) is 13.3 Å². The second kappa shape index (κ2) is 7.09. The van der Waals surface area contributed by atoms with Crippen LogP contribution in [0.5, 0.6) is 5.75 Å². The predicted octanol–water partition coefficient (Wildman–Crippen LogP) is 1.35. The smallest absolute Gasteiger partial charge is 0.244 e. The van der Waals surface area contributed by atoms with Gasteiger partial charge in [-0.25, -0.2) is 0 Å². The van der Waals surface area contributed by atoms with Crippen LogP contribution in [0.25, 0.3) is 0 Å². The number of hydrogen-bond acceptors (Lipinski definition) is 4. The van der Waals surface area contributed by atoms with Crippen molar-refractivity contribution in [1.82, 2.24) is 20.0 Å². The number of methoxy groups -OCH3 is 1. The lowest BCUT2D eigenvalue weighted by molar-refractivity contribution is -0.132. The number of amides is 1. The zero-order chi connectivity index (χ0) is 16.1. The summed E-state index contributed by atoms with van der Waals surface area (Å²) in [7, 11) is 7.03. The third-order valence-corrected chi connectivity index (χ3v) is 3.52. The standard InChI is InChI=1S/C16H22N4O2/c1-17-15(13-9-18-20(3)11-13)16(21)19(2)10-12-6-5-7-14(8-12)22-4/h5-9,11,15,17H,10H2,1-4H3. The Kier molecular flexibility index (Phi) is 5.16. The fourth-order valence-electron chi connectivity index (χ4n) is 2.36. The van der Waals surface area contributed by atoms with E-state index < -0.39 is 6.04 Å². The lowest BCUT2D eigenvalue weighted by Crippen LogP contribution is -2.37. The fraction of sp³-hybridized carbons (Fsp3) is 0.375. The summed E-state index contributed by atoms with van der Waals surface area (Å²) >= 11 is 0. The number of carbonyl (C=O) groups is 1. The molecule has 1 aromatic heterocycles. The van der Waals surface area contributed by atoms with Gasteiger partial charge in [-0.05, 0) is 24.7 Å². The summed E-state index contributed by atoms with van der Waals surface area (Å²) in [4.78, 5) is 14.3. The molecule has 6 nitrogen and oxygen atoms in total. The molecule has 1 unspecified atom stereocenters. The summed E-state index contributed by atoms with van der Waals surface area (Å²) in [5, 5.41) is 7.17. The van der Waals surface area contributed by atoms with Crippen LogP contribution in [-0.2, 0) is 18.4 Å². The van der Waals surface area contributed by atoms with Crippen LogP contribution in [0.4, 0.5) is 0 Å². The zero-order valence-corrected chi connectivity index (χ0v) is 13.4. The van der Waals surface area contributed by atoms with Crippen LogP contribution >= 0.6 is 0 Å². The highest BCUT2D eigenvalue weighted by molar-refractivity contribution is 5.82. The van der Waals surface area contributed by atoms with Crippen molar-refractivity contribution >= 4 is 5.91 Å². The SMILES string of the molecule is CNC(C(=O)N(C)Cc1cccc(OC)c1)c1cnn(C)c1. The molecule has 0 fully saturated rings. The van der Waals surface area contributed by atoms with E-state index in [0.717, 1.165) is 16.9 Å². The first-order valence-electron chi connectivity index (χ1n) is 7.09. The van der Waals surface area contributed by atoms with E-state index in [1.54, 1.807) is 37.0 Å². The Morgan fingerprint density at radius 1 is 1.50 bits per heavy atom. The number of nitrogens with zero attached hydrogens (tertiary/aromatic N) is 3. The van der Waals surface area contributed by atoms with Gasteiger partial charge in [-0.15, -0.1) is 0 Å². The van der Waals surface area contributed by atoms with Crippen molar-refractivity contribution in [2.24, 2.45) is 7.05 Å². The Morgan fingerprint density at radius 2 is 2.27 bits per heavy atom. The van der Waals surface area contributed by atoms with Gasteiger partial charge in [0.15, 0.2) is 0 Å². The van der Waals surface area contributed by atoms with Crippen molar-refractivity contribution in [2.75, 3.05) is 21.2 Å². The molecule has 2 aromatic rings. The Labute approximate surface area is 130 Å². The maximum absolute atomic E-state index is 12.6. The second-order valence-electron chi connectivity index (χ2n) is 5.21. The number of aromatic nitrogens is 2. The van der Waals surface area contributed by atoms with Crippen LogP contribution < -0.4 is 10.1 Å². The third kappa shape index (κ3) is 3.65. The molecule has 0 aliphatic heterocycles.